The van der Waals surface area contributed by atoms with Crippen LogP contribution in [0.15, 0.2) is 17.8 Å². The molecule has 0 saturated heterocycles. The summed E-state index contributed by atoms with van der Waals surface area (Å²) in [6.07, 6.45) is 3.15. The van der Waals surface area contributed by atoms with Crippen molar-refractivity contribution in [3.05, 3.63) is 28.5 Å². The summed E-state index contributed by atoms with van der Waals surface area (Å²) in [5, 5.41) is 6.29. The summed E-state index contributed by atoms with van der Waals surface area (Å²) in [6.45, 7) is 4.02. The van der Waals surface area contributed by atoms with Crippen LogP contribution in [-0.2, 0) is 0 Å². The number of aromatic nitrogens is 3. The van der Waals surface area contributed by atoms with Crippen LogP contribution in [-0.4, -0.2) is 15.0 Å². The standard InChI is InChI=1S/C10H13N5S/c1-6-5-16-10(14-6)7(2)15-9-4-12-8(11)3-13-9/h3-5,7H,1-2H3,(H2,11,12)(H,13,15). The molecule has 2 aromatic rings. The Morgan fingerprint density at radius 1 is 1.38 bits per heavy atom. The van der Waals surface area contributed by atoms with E-state index < -0.39 is 0 Å². The molecule has 0 aromatic carbocycles. The average Bonchev–Trinajstić information content (AvgIpc) is 2.68. The highest BCUT2D eigenvalue weighted by molar-refractivity contribution is 7.09. The third-order valence-electron chi connectivity index (χ3n) is 2.04. The first-order chi connectivity index (χ1) is 7.65. The van der Waals surface area contributed by atoms with Crippen LogP contribution >= 0.6 is 11.3 Å². The van der Waals surface area contributed by atoms with E-state index in [9.17, 15) is 0 Å². The zero-order valence-corrected chi connectivity index (χ0v) is 9.95. The van der Waals surface area contributed by atoms with Crippen molar-refractivity contribution in [2.45, 2.75) is 19.9 Å². The molecule has 0 amide bonds. The fraction of sp³-hybridized carbons (Fsp3) is 0.300. The summed E-state index contributed by atoms with van der Waals surface area (Å²) in [5.41, 5.74) is 6.50. The summed E-state index contributed by atoms with van der Waals surface area (Å²) >= 11 is 1.63. The van der Waals surface area contributed by atoms with Crippen LogP contribution in [0.4, 0.5) is 11.6 Å². The van der Waals surface area contributed by atoms with Gasteiger partial charge in [-0.2, -0.15) is 0 Å². The average molecular weight is 235 g/mol. The Hall–Kier alpha value is -1.69. The maximum absolute atomic E-state index is 5.46. The monoisotopic (exact) mass is 235 g/mol. The molecule has 2 heterocycles. The molecule has 2 aromatic heterocycles. The first kappa shape index (κ1) is 10.8. The van der Waals surface area contributed by atoms with E-state index in [1.807, 2.05) is 19.2 Å². The van der Waals surface area contributed by atoms with Crippen LogP contribution in [0.25, 0.3) is 0 Å². The highest BCUT2D eigenvalue weighted by atomic mass is 32.1. The quantitative estimate of drug-likeness (QED) is 0.850. The SMILES string of the molecule is Cc1csc(C(C)Nc2cnc(N)cn2)n1. The van der Waals surface area contributed by atoms with Crippen LogP contribution in [0.3, 0.4) is 0 Å². The number of thiazole rings is 1. The lowest BCUT2D eigenvalue weighted by molar-refractivity contribution is 0.853. The molecule has 2 rings (SSSR count). The van der Waals surface area contributed by atoms with E-state index in [1.54, 1.807) is 17.5 Å². The van der Waals surface area contributed by atoms with Gasteiger partial charge in [0, 0.05) is 11.1 Å². The van der Waals surface area contributed by atoms with E-state index in [1.165, 1.54) is 6.20 Å². The first-order valence-electron chi connectivity index (χ1n) is 4.91. The smallest absolute Gasteiger partial charge is 0.145 e. The number of aryl methyl sites for hydroxylation is 1. The molecule has 0 aliphatic carbocycles. The molecule has 0 saturated carbocycles. The van der Waals surface area contributed by atoms with E-state index in [0.717, 1.165) is 10.7 Å². The van der Waals surface area contributed by atoms with Gasteiger partial charge in [0.25, 0.3) is 0 Å². The van der Waals surface area contributed by atoms with Crippen LogP contribution in [0.1, 0.15) is 23.7 Å². The third-order valence-corrected chi connectivity index (χ3v) is 3.19. The molecule has 84 valence electrons. The summed E-state index contributed by atoms with van der Waals surface area (Å²) in [4.78, 5) is 12.5. The number of anilines is 2. The van der Waals surface area contributed by atoms with Gasteiger partial charge in [-0.3, -0.25) is 0 Å². The molecule has 0 spiro atoms. The number of nitrogens with zero attached hydrogens (tertiary/aromatic N) is 3. The van der Waals surface area contributed by atoms with Gasteiger partial charge < -0.3 is 11.1 Å². The Balaban J connectivity index is 2.07. The Morgan fingerprint density at radius 2 is 2.19 bits per heavy atom. The van der Waals surface area contributed by atoms with Crippen LogP contribution in [0, 0.1) is 6.92 Å². The molecule has 16 heavy (non-hydrogen) atoms. The van der Waals surface area contributed by atoms with E-state index in [2.05, 4.69) is 20.3 Å². The van der Waals surface area contributed by atoms with E-state index >= 15 is 0 Å². The maximum atomic E-state index is 5.46. The summed E-state index contributed by atoms with van der Waals surface area (Å²) in [6, 6.07) is 0.122. The zero-order valence-electron chi connectivity index (χ0n) is 9.14. The Bertz CT molecular complexity index is 464. The van der Waals surface area contributed by atoms with Gasteiger partial charge in [-0.15, -0.1) is 11.3 Å². The van der Waals surface area contributed by atoms with E-state index in [4.69, 9.17) is 5.73 Å². The minimum atomic E-state index is 0.122. The molecule has 0 fully saturated rings. The molecule has 5 nitrogen and oxygen atoms in total. The van der Waals surface area contributed by atoms with Gasteiger partial charge in [-0.25, -0.2) is 15.0 Å². The fourth-order valence-electron chi connectivity index (χ4n) is 1.27. The fourth-order valence-corrected chi connectivity index (χ4v) is 2.07. The topological polar surface area (TPSA) is 76.7 Å². The lowest BCUT2D eigenvalue weighted by Gasteiger charge is -2.11. The molecular formula is C10H13N5S. The van der Waals surface area contributed by atoms with E-state index in [-0.39, 0.29) is 6.04 Å². The Morgan fingerprint density at radius 3 is 2.75 bits per heavy atom. The van der Waals surface area contributed by atoms with Gasteiger partial charge >= 0.3 is 0 Å². The molecule has 0 radical (unpaired) electrons. The zero-order chi connectivity index (χ0) is 11.5. The number of hydrogen-bond acceptors (Lipinski definition) is 6. The molecule has 0 aliphatic rings. The van der Waals surface area contributed by atoms with Gasteiger partial charge in [-0.1, -0.05) is 0 Å². The van der Waals surface area contributed by atoms with Gasteiger partial charge in [-0.05, 0) is 13.8 Å². The van der Waals surface area contributed by atoms with Crippen molar-refractivity contribution in [3.63, 3.8) is 0 Å². The third kappa shape index (κ3) is 2.46. The molecular weight excluding hydrogens is 222 g/mol. The second kappa shape index (κ2) is 4.44. The molecule has 3 N–H and O–H groups in total. The minimum Gasteiger partial charge on any atom is -0.382 e. The van der Waals surface area contributed by atoms with Crippen molar-refractivity contribution in [1.29, 1.82) is 0 Å². The lowest BCUT2D eigenvalue weighted by Crippen LogP contribution is -2.08. The molecule has 1 unspecified atom stereocenters. The van der Waals surface area contributed by atoms with Gasteiger partial charge in [0.15, 0.2) is 0 Å². The second-order valence-corrected chi connectivity index (χ2v) is 4.41. The Labute approximate surface area is 97.8 Å². The largest absolute Gasteiger partial charge is 0.382 e. The number of rotatable bonds is 3. The number of nitrogens with one attached hydrogen (secondary N) is 1. The lowest BCUT2D eigenvalue weighted by atomic mass is 10.3. The molecule has 0 bridgehead atoms. The number of nitrogen functional groups attached to an aromatic ring is 1. The van der Waals surface area contributed by atoms with Gasteiger partial charge in [0.05, 0.1) is 18.4 Å². The van der Waals surface area contributed by atoms with E-state index in [0.29, 0.717) is 11.6 Å². The highest BCUT2D eigenvalue weighted by Crippen LogP contribution is 2.20. The number of nitrogens with two attached hydrogens (primary N) is 1. The first-order valence-corrected chi connectivity index (χ1v) is 5.79. The van der Waals surface area contributed by atoms with Gasteiger partial charge in [0.2, 0.25) is 0 Å². The van der Waals surface area contributed by atoms with Crippen LogP contribution in [0.5, 0.6) is 0 Å². The predicted octanol–water partition coefficient (Wildman–Crippen LogP) is 2.00. The highest BCUT2D eigenvalue weighted by Gasteiger charge is 2.09. The van der Waals surface area contributed by atoms with Crippen molar-refractivity contribution in [2.75, 3.05) is 11.1 Å². The van der Waals surface area contributed by atoms with Crippen molar-refractivity contribution < 1.29 is 0 Å². The molecule has 1 atom stereocenters. The van der Waals surface area contributed by atoms with Crippen molar-refractivity contribution in [1.82, 2.24) is 15.0 Å². The predicted molar refractivity (Wildman–Crippen MR) is 65.3 cm³/mol. The summed E-state index contributed by atoms with van der Waals surface area (Å²) < 4.78 is 0. The maximum Gasteiger partial charge on any atom is 0.145 e. The minimum absolute atomic E-state index is 0.122. The van der Waals surface area contributed by atoms with Crippen LogP contribution in [0.2, 0.25) is 0 Å². The normalized spacial score (nSPS) is 12.4. The second-order valence-electron chi connectivity index (χ2n) is 3.52. The van der Waals surface area contributed by atoms with Crippen molar-refractivity contribution in [2.24, 2.45) is 0 Å². The van der Waals surface area contributed by atoms with Crippen LogP contribution < -0.4 is 11.1 Å². The van der Waals surface area contributed by atoms with Gasteiger partial charge in [0.1, 0.15) is 16.6 Å². The number of hydrogen-bond donors (Lipinski definition) is 2. The molecule has 0 aliphatic heterocycles. The Kier molecular flexibility index (Phi) is 3.00. The molecule has 6 heteroatoms. The van der Waals surface area contributed by atoms with Crippen molar-refractivity contribution >= 4 is 23.0 Å². The van der Waals surface area contributed by atoms with Crippen molar-refractivity contribution in [3.8, 4) is 0 Å². The summed E-state index contributed by atoms with van der Waals surface area (Å²) in [5.74, 6) is 1.12. The summed E-state index contributed by atoms with van der Waals surface area (Å²) in [7, 11) is 0.